The molecule has 1 aromatic carbocycles. The lowest BCUT2D eigenvalue weighted by atomic mass is 9.81. The third-order valence-corrected chi connectivity index (χ3v) is 4.22. The normalized spacial score (nSPS) is 20.7. The Bertz CT molecular complexity index is 809. The van der Waals surface area contributed by atoms with E-state index in [0.717, 1.165) is 27.8 Å². The Morgan fingerprint density at radius 1 is 1.39 bits per heavy atom. The first-order chi connectivity index (χ1) is 11.0. The Labute approximate surface area is 136 Å². The molecule has 3 rings (SSSR count). The minimum absolute atomic E-state index is 0.0416. The second-order valence-electron chi connectivity index (χ2n) is 5.85. The Kier molecular flexibility index (Phi) is 3.89. The molecule has 1 aromatic rings. The quantitative estimate of drug-likeness (QED) is 0.843. The van der Waals surface area contributed by atoms with E-state index >= 15 is 0 Å². The van der Waals surface area contributed by atoms with E-state index < -0.39 is 6.10 Å². The molecule has 0 amide bonds. The number of hydrogen-bond donors (Lipinski definition) is 0. The van der Waals surface area contributed by atoms with E-state index in [1.54, 1.807) is 4.90 Å². The third kappa shape index (κ3) is 2.60. The summed E-state index contributed by atoms with van der Waals surface area (Å²) in [5.74, 6) is 0.0416. The summed E-state index contributed by atoms with van der Waals surface area (Å²) in [5, 5.41) is 9.62. The number of allylic oxidation sites excluding steroid dienone is 4. The molecule has 0 fully saturated rings. The number of fused-ring (bicyclic) bond motifs is 1. The van der Waals surface area contributed by atoms with Crippen LogP contribution in [0.4, 0.5) is 0 Å². The van der Waals surface area contributed by atoms with E-state index in [0.29, 0.717) is 12.1 Å². The first-order valence-electron chi connectivity index (χ1n) is 7.48. The summed E-state index contributed by atoms with van der Waals surface area (Å²) in [4.78, 5) is 13.9. The first-order valence-corrected chi connectivity index (χ1v) is 7.48. The largest absolute Gasteiger partial charge is 0.370 e. The number of nitrogens with zero attached hydrogens (tertiary/aromatic N) is 2. The van der Waals surface area contributed by atoms with Gasteiger partial charge < -0.3 is 9.64 Å². The minimum atomic E-state index is -0.551. The standard InChI is InChI=1S/C19H18N2O2/c1-12-5-4-6-13(7-12)19-15-9-18(23-3)17(22)8-14(15)11-21(2)16(19)10-20/h4-7,9,11,18H,8H2,1-3H3. The molecule has 4 heteroatoms. The van der Waals surface area contributed by atoms with Gasteiger partial charge in [0.15, 0.2) is 5.78 Å². The Morgan fingerprint density at radius 2 is 2.17 bits per heavy atom. The van der Waals surface area contributed by atoms with Crippen LogP contribution in [0.15, 0.2) is 53.4 Å². The topological polar surface area (TPSA) is 53.3 Å². The van der Waals surface area contributed by atoms with Gasteiger partial charge in [-0.15, -0.1) is 0 Å². The van der Waals surface area contributed by atoms with Crippen LogP contribution in [-0.4, -0.2) is 30.9 Å². The SMILES string of the molecule is COC1C=C2C(=CN(C)C(C#N)=C2c2cccc(C)c2)CC1=O. The van der Waals surface area contributed by atoms with Crippen LogP contribution >= 0.6 is 0 Å². The van der Waals surface area contributed by atoms with E-state index in [9.17, 15) is 10.1 Å². The highest BCUT2D eigenvalue weighted by Crippen LogP contribution is 2.40. The summed E-state index contributed by atoms with van der Waals surface area (Å²) >= 11 is 0. The number of ketones is 1. The van der Waals surface area contributed by atoms with E-state index in [1.165, 1.54) is 7.11 Å². The molecular weight excluding hydrogens is 288 g/mol. The molecule has 1 atom stereocenters. The molecule has 0 bridgehead atoms. The monoisotopic (exact) mass is 306 g/mol. The van der Waals surface area contributed by atoms with Crippen molar-refractivity contribution in [2.45, 2.75) is 19.4 Å². The second kappa shape index (κ2) is 5.86. The molecule has 1 unspecified atom stereocenters. The third-order valence-electron chi connectivity index (χ3n) is 4.22. The van der Waals surface area contributed by atoms with E-state index in [2.05, 4.69) is 12.1 Å². The number of benzene rings is 1. The van der Waals surface area contributed by atoms with Gasteiger partial charge in [0.05, 0.1) is 0 Å². The Morgan fingerprint density at radius 3 is 2.83 bits per heavy atom. The molecule has 0 saturated heterocycles. The number of carbonyl (C=O) groups is 1. The molecule has 0 saturated carbocycles. The molecule has 23 heavy (non-hydrogen) atoms. The predicted octanol–water partition coefficient (Wildman–Crippen LogP) is 2.97. The summed E-state index contributed by atoms with van der Waals surface area (Å²) in [5.41, 5.74) is 5.41. The summed E-state index contributed by atoms with van der Waals surface area (Å²) in [7, 11) is 3.37. The second-order valence-corrected chi connectivity index (χ2v) is 5.85. The predicted molar refractivity (Wildman–Crippen MR) is 88.1 cm³/mol. The fraction of sp³-hybridized carbons (Fsp3) is 0.263. The van der Waals surface area contributed by atoms with Crippen molar-refractivity contribution in [1.29, 1.82) is 5.26 Å². The molecule has 0 spiro atoms. The van der Waals surface area contributed by atoms with Crippen LogP contribution in [0.5, 0.6) is 0 Å². The van der Waals surface area contributed by atoms with Gasteiger partial charge in [-0.25, -0.2) is 0 Å². The van der Waals surface area contributed by atoms with E-state index in [4.69, 9.17) is 4.74 Å². The number of aryl methyl sites for hydroxylation is 1. The highest BCUT2D eigenvalue weighted by Gasteiger charge is 2.32. The van der Waals surface area contributed by atoms with Crippen LogP contribution in [-0.2, 0) is 9.53 Å². The first kappa shape index (κ1) is 15.3. The summed E-state index contributed by atoms with van der Waals surface area (Å²) in [6.45, 7) is 2.02. The number of methoxy groups -OCH3 is 1. The molecule has 4 nitrogen and oxygen atoms in total. The van der Waals surface area contributed by atoms with Crippen LogP contribution in [0, 0.1) is 18.3 Å². The van der Waals surface area contributed by atoms with Gasteiger partial charge in [0.2, 0.25) is 0 Å². The van der Waals surface area contributed by atoms with Gasteiger partial charge in [0.1, 0.15) is 17.9 Å². The number of hydrogen-bond acceptors (Lipinski definition) is 4. The van der Waals surface area contributed by atoms with Gasteiger partial charge in [0, 0.05) is 32.4 Å². The molecule has 1 heterocycles. The van der Waals surface area contributed by atoms with Crippen molar-refractivity contribution in [3.8, 4) is 6.07 Å². The number of ether oxygens (including phenoxy) is 1. The molecular formula is C19H18N2O2. The van der Waals surface area contributed by atoms with Gasteiger partial charge in [0.25, 0.3) is 0 Å². The number of nitriles is 1. The van der Waals surface area contributed by atoms with Crippen LogP contribution in [0.25, 0.3) is 5.57 Å². The van der Waals surface area contributed by atoms with Gasteiger partial charge >= 0.3 is 0 Å². The van der Waals surface area contributed by atoms with Crippen LogP contribution in [0.2, 0.25) is 0 Å². The maximum atomic E-state index is 12.1. The van der Waals surface area contributed by atoms with Gasteiger partial charge in [-0.05, 0) is 29.7 Å². The van der Waals surface area contributed by atoms with Crippen molar-refractivity contribution in [1.82, 2.24) is 4.90 Å². The van der Waals surface area contributed by atoms with Gasteiger partial charge in [-0.1, -0.05) is 29.8 Å². The smallest absolute Gasteiger partial charge is 0.169 e. The van der Waals surface area contributed by atoms with Crippen molar-refractivity contribution < 1.29 is 9.53 Å². The molecule has 116 valence electrons. The number of rotatable bonds is 2. The van der Waals surface area contributed by atoms with Crippen molar-refractivity contribution in [2.75, 3.05) is 14.2 Å². The zero-order chi connectivity index (χ0) is 16.6. The van der Waals surface area contributed by atoms with Crippen LogP contribution < -0.4 is 0 Å². The maximum Gasteiger partial charge on any atom is 0.169 e. The molecule has 0 aromatic heterocycles. The van der Waals surface area contributed by atoms with Crippen LogP contribution in [0.3, 0.4) is 0 Å². The molecule has 2 aliphatic rings. The average Bonchev–Trinajstić information content (AvgIpc) is 2.53. The fourth-order valence-corrected chi connectivity index (χ4v) is 3.12. The minimum Gasteiger partial charge on any atom is -0.370 e. The maximum absolute atomic E-state index is 12.1. The highest BCUT2D eigenvalue weighted by molar-refractivity contribution is 5.98. The number of carbonyl (C=O) groups excluding carboxylic acids is 1. The van der Waals surface area contributed by atoms with Crippen molar-refractivity contribution in [3.05, 3.63) is 64.5 Å². The van der Waals surface area contributed by atoms with Crippen molar-refractivity contribution >= 4 is 11.4 Å². The van der Waals surface area contributed by atoms with Crippen molar-refractivity contribution in [2.24, 2.45) is 0 Å². The van der Waals surface area contributed by atoms with Gasteiger partial charge in [-0.2, -0.15) is 5.26 Å². The Hall–Kier alpha value is -2.64. The lowest BCUT2D eigenvalue weighted by molar-refractivity contribution is -0.125. The summed E-state index contributed by atoms with van der Waals surface area (Å²) in [6.07, 6.45) is 3.47. The zero-order valence-electron chi connectivity index (χ0n) is 13.5. The fourth-order valence-electron chi connectivity index (χ4n) is 3.12. The average molecular weight is 306 g/mol. The van der Waals surface area contributed by atoms with Gasteiger partial charge in [-0.3, -0.25) is 4.79 Å². The Balaban J connectivity index is 2.24. The molecule has 1 aliphatic carbocycles. The van der Waals surface area contributed by atoms with E-state index in [1.807, 2.05) is 44.4 Å². The summed E-state index contributed by atoms with van der Waals surface area (Å²) in [6, 6.07) is 10.3. The summed E-state index contributed by atoms with van der Waals surface area (Å²) < 4.78 is 5.28. The van der Waals surface area contributed by atoms with Crippen molar-refractivity contribution in [3.63, 3.8) is 0 Å². The highest BCUT2D eigenvalue weighted by atomic mass is 16.5. The van der Waals surface area contributed by atoms with E-state index in [-0.39, 0.29) is 5.78 Å². The molecule has 0 N–H and O–H groups in total. The van der Waals surface area contributed by atoms with Crippen LogP contribution in [0.1, 0.15) is 17.5 Å². The molecule has 1 aliphatic heterocycles. The lowest BCUT2D eigenvalue weighted by Crippen LogP contribution is -2.29. The number of Topliss-reactive ketones (excluding diaryl/α,β-unsaturated/α-hetero) is 1. The zero-order valence-corrected chi connectivity index (χ0v) is 13.5. The molecule has 0 radical (unpaired) electrons. The lowest BCUT2D eigenvalue weighted by Gasteiger charge is -2.31.